The Labute approximate surface area is 157 Å². The number of carbonyl (C=O) groups is 1. The van der Waals surface area contributed by atoms with Crippen molar-refractivity contribution in [2.75, 3.05) is 0 Å². The number of hydrogen-bond acceptors (Lipinski definition) is 2. The van der Waals surface area contributed by atoms with E-state index in [1.807, 2.05) is 30.3 Å². The molecule has 2 aromatic carbocycles. The maximum Gasteiger partial charge on any atom is 0.191 e. The van der Waals surface area contributed by atoms with Crippen LogP contribution in [-0.4, -0.2) is 11.8 Å². The van der Waals surface area contributed by atoms with Crippen molar-refractivity contribution in [2.45, 2.75) is 44.2 Å². The highest BCUT2D eigenvalue weighted by molar-refractivity contribution is 9.10. The van der Waals surface area contributed by atoms with Crippen LogP contribution in [0.25, 0.3) is 6.08 Å². The molecule has 0 bridgehead atoms. The van der Waals surface area contributed by atoms with Crippen molar-refractivity contribution in [3.8, 4) is 0 Å². The Bertz CT molecular complexity index is 806. The van der Waals surface area contributed by atoms with Gasteiger partial charge in [-0.15, -0.1) is 0 Å². The van der Waals surface area contributed by atoms with Crippen molar-refractivity contribution < 1.29 is 4.79 Å². The molecule has 0 spiro atoms. The lowest BCUT2D eigenvalue weighted by Crippen LogP contribution is -2.34. The molecule has 2 aromatic rings. The van der Waals surface area contributed by atoms with Crippen LogP contribution < -0.4 is 5.32 Å². The Hall–Kier alpha value is -1.71. The second kappa shape index (κ2) is 7.27. The summed E-state index contributed by atoms with van der Waals surface area (Å²) in [6.07, 6.45) is 8.34. The summed E-state index contributed by atoms with van der Waals surface area (Å²) in [7, 11) is 0. The van der Waals surface area contributed by atoms with Gasteiger partial charge in [0, 0.05) is 21.7 Å². The van der Waals surface area contributed by atoms with Crippen LogP contribution >= 0.6 is 15.9 Å². The van der Waals surface area contributed by atoms with Crippen molar-refractivity contribution in [2.24, 2.45) is 0 Å². The molecule has 0 radical (unpaired) electrons. The van der Waals surface area contributed by atoms with E-state index in [9.17, 15) is 4.79 Å². The summed E-state index contributed by atoms with van der Waals surface area (Å²) in [4.78, 5) is 13.0. The van der Waals surface area contributed by atoms with Gasteiger partial charge in [0.1, 0.15) is 0 Å². The van der Waals surface area contributed by atoms with E-state index >= 15 is 0 Å². The van der Waals surface area contributed by atoms with Crippen LogP contribution in [0.5, 0.6) is 0 Å². The van der Waals surface area contributed by atoms with E-state index in [1.54, 1.807) is 0 Å². The molecule has 1 saturated carbocycles. The van der Waals surface area contributed by atoms with Crippen molar-refractivity contribution >= 4 is 27.8 Å². The second-order valence-corrected chi connectivity index (χ2v) is 7.92. The van der Waals surface area contributed by atoms with Gasteiger partial charge >= 0.3 is 0 Å². The van der Waals surface area contributed by atoms with Gasteiger partial charge in [-0.1, -0.05) is 65.5 Å². The molecule has 2 aliphatic carbocycles. The minimum Gasteiger partial charge on any atom is -0.303 e. The van der Waals surface area contributed by atoms with Gasteiger partial charge < -0.3 is 5.32 Å². The van der Waals surface area contributed by atoms with Gasteiger partial charge in [-0.05, 0) is 48.2 Å². The Kier molecular flexibility index (Phi) is 4.87. The van der Waals surface area contributed by atoms with Crippen molar-refractivity contribution in [1.82, 2.24) is 5.32 Å². The zero-order chi connectivity index (χ0) is 17.2. The first-order valence-corrected chi connectivity index (χ1v) is 9.88. The SMILES string of the molecule is O=C1/C(=C\c2ccccc2)C(NC2CCCCC2)c2cc(Br)ccc21. The fraction of sp³-hybridized carbons (Fsp3) is 0.318. The summed E-state index contributed by atoms with van der Waals surface area (Å²) in [6, 6.07) is 16.6. The lowest BCUT2D eigenvalue weighted by molar-refractivity contribution is 0.103. The molecule has 1 fully saturated rings. The minimum absolute atomic E-state index is 0.0108. The molecule has 128 valence electrons. The molecule has 2 nitrogen and oxygen atoms in total. The van der Waals surface area contributed by atoms with Crippen molar-refractivity contribution in [1.29, 1.82) is 0 Å². The van der Waals surface area contributed by atoms with E-state index in [2.05, 4.69) is 45.5 Å². The molecule has 0 amide bonds. The highest BCUT2D eigenvalue weighted by Gasteiger charge is 2.35. The van der Waals surface area contributed by atoms with E-state index in [-0.39, 0.29) is 11.8 Å². The number of fused-ring (bicyclic) bond motifs is 1. The topological polar surface area (TPSA) is 29.1 Å². The van der Waals surface area contributed by atoms with Crippen LogP contribution in [0.4, 0.5) is 0 Å². The lowest BCUT2D eigenvalue weighted by Gasteiger charge is -2.27. The van der Waals surface area contributed by atoms with Crippen LogP contribution in [0.15, 0.2) is 58.6 Å². The average Bonchev–Trinajstić information content (AvgIpc) is 2.89. The van der Waals surface area contributed by atoms with E-state index < -0.39 is 0 Å². The number of ketones is 1. The molecule has 1 unspecified atom stereocenters. The molecule has 2 aliphatic rings. The van der Waals surface area contributed by atoms with Crippen LogP contribution in [0.2, 0.25) is 0 Å². The quantitative estimate of drug-likeness (QED) is 0.675. The summed E-state index contributed by atoms with van der Waals surface area (Å²) in [5.41, 5.74) is 3.88. The smallest absolute Gasteiger partial charge is 0.191 e. The average molecular weight is 396 g/mol. The Morgan fingerprint density at radius 2 is 1.76 bits per heavy atom. The maximum atomic E-state index is 13.0. The third-order valence-electron chi connectivity index (χ3n) is 5.27. The number of rotatable bonds is 3. The van der Waals surface area contributed by atoms with Crippen molar-refractivity contribution in [3.05, 3.63) is 75.3 Å². The number of halogens is 1. The van der Waals surface area contributed by atoms with Crippen molar-refractivity contribution in [3.63, 3.8) is 0 Å². The molecule has 4 rings (SSSR count). The third kappa shape index (κ3) is 3.49. The van der Waals surface area contributed by atoms with Gasteiger partial charge in [-0.25, -0.2) is 0 Å². The molecule has 0 aliphatic heterocycles. The van der Waals surface area contributed by atoms with Gasteiger partial charge in [0.15, 0.2) is 5.78 Å². The Morgan fingerprint density at radius 1 is 1.00 bits per heavy atom. The lowest BCUT2D eigenvalue weighted by atomic mass is 9.93. The standard InChI is InChI=1S/C22H22BrNO/c23-16-11-12-18-19(14-16)21(24-17-9-5-2-6-10-17)20(22(18)25)13-15-7-3-1-4-8-15/h1,3-4,7-8,11-14,17,21,24H,2,5-6,9-10H2/b20-13-. The first kappa shape index (κ1) is 16.7. The molecule has 25 heavy (non-hydrogen) atoms. The number of carbonyl (C=O) groups excluding carboxylic acids is 1. The summed E-state index contributed by atoms with van der Waals surface area (Å²) in [5, 5.41) is 3.79. The van der Waals surface area contributed by atoms with Crippen LogP contribution in [0, 0.1) is 0 Å². The Balaban J connectivity index is 1.73. The molecule has 0 heterocycles. The summed E-state index contributed by atoms with van der Waals surface area (Å²) < 4.78 is 1.02. The predicted octanol–water partition coefficient (Wildman–Crippen LogP) is 5.69. The van der Waals surface area contributed by atoms with Gasteiger partial charge in [0.05, 0.1) is 6.04 Å². The van der Waals surface area contributed by atoms with Gasteiger partial charge in [-0.2, -0.15) is 0 Å². The number of hydrogen-bond donors (Lipinski definition) is 1. The van der Waals surface area contributed by atoms with Gasteiger partial charge in [0.2, 0.25) is 0 Å². The monoisotopic (exact) mass is 395 g/mol. The molecule has 1 atom stereocenters. The van der Waals surface area contributed by atoms with Crippen LogP contribution in [0.1, 0.15) is 59.6 Å². The number of benzene rings is 2. The second-order valence-electron chi connectivity index (χ2n) is 7.01. The normalized spacial score (nSPS) is 22.4. The first-order valence-electron chi connectivity index (χ1n) is 9.09. The van der Waals surface area contributed by atoms with Crippen LogP contribution in [0.3, 0.4) is 0 Å². The third-order valence-corrected chi connectivity index (χ3v) is 5.76. The highest BCUT2D eigenvalue weighted by Crippen LogP contribution is 2.39. The molecule has 0 saturated heterocycles. The molecular weight excluding hydrogens is 374 g/mol. The predicted molar refractivity (Wildman–Crippen MR) is 106 cm³/mol. The fourth-order valence-electron chi connectivity index (χ4n) is 4.00. The number of Topliss-reactive ketones (excluding diaryl/α,β-unsaturated/α-hetero) is 1. The number of nitrogens with one attached hydrogen (secondary N) is 1. The maximum absolute atomic E-state index is 13.0. The van der Waals surface area contributed by atoms with Crippen LogP contribution in [-0.2, 0) is 0 Å². The molecule has 1 N–H and O–H groups in total. The molecule has 0 aromatic heterocycles. The summed E-state index contributed by atoms with van der Waals surface area (Å²) in [5.74, 6) is 0.152. The Morgan fingerprint density at radius 3 is 2.52 bits per heavy atom. The van der Waals surface area contributed by atoms with E-state index in [4.69, 9.17) is 0 Å². The van der Waals surface area contributed by atoms with Gasteiger partial charge in [0.25, 0.3) is 0 Å². The summed E-state index contributed by atoms with van der Waals surface area (Å²) in [6.45, 7) is 0. The largest absolute Gasteiger partial charge is 0.303 e. The first-order chi connectivity index (χ1) is 12.2. The van der Waals surface area contributed by atoms with E-state index in [1.165, 1.54) is 32.1 Å². The van der Waals surface area contributed by atoms with E-state index in [0.717, 1.165) is 26.7 Å². The zero-order valence-corrected chi connectivity index (χ0v) is 15.8. The molecular formula is C22H22BrNO. The van der Waals surface area contributed by atoms with Gasteiger partial charge in [-0.3, -0.25) is 4.79 Å². The fourth-order valence-corrected chi connectivity index (χ4v) is 4.37. The highest BCUT2D eigenvalue weighted by atomic mass is 79.9. The molecule has 3 heteroatoms. The minimum atomic E-state index is -0.0108. The summed E-state index contributed by atoms with van der Waals surface area (Å²) >= 11 is 3.57. The van der Waals surface area contributed by atoms with E-state index in [0.29, 0.717) is 6.04 Å². The zero-order valence-electron chi connectivity index (χ0n) is 14.2.